The quantitative estimate of drug-likeness (QED) is 0.826. The third-order valence-electron chi connectivity index (χ3n) is 5.33. The number of hydrogen-bond donors (Lipinski definition) is 1. The van der Waals surface area contributed by atoms with Gasteiger partial charge in [0.2, 0.25) is 0 Å². The van der Waals surface area contributed by atoms with Crippen LogP contribution in [0, 0.1) is 0 Å². The Morgan fingerprint density at radius 3 is 2.18 bits per heavy atom. The summed E-state index contributed by atoms with van der Waals surface area (Å²) in [5.41, 5.74) is 1.81. The second-order valence-electron chi connectivity index (χ2n) is 7.16. The van der Waals surface area contributed by atoms with Crippen molar-refractivity contribution in [2.45, 2.75) is 12.8 Å². The van der Waals surface area contributed by atoms with Crippen molar-refractivity contribution in [3.8, 4) is 0 Å². The Hall–Kier alpha value is -3.09. The van der Waals surface area contributed by atoms with E-state index in [0.29, 0.717) is 31.9 Å². The van der Waals surface area contributed by atoms with Crippen molar-refractivity contribution in [2.24, 2.45) is 0 Å². The van der Waals surface area contributed by atoms with Crippen molar-refractivity contribution in [1.82, 2.24) is 9.88 Å². The fourth-order valence-corrected chi connectivity index (χ4v) is 3.74. The molecule has 0 unspecified atom stereocenters. The summed E-state index contributed by atoms with van der Waals surface area (Å²) in [4.78, 5) is 35.3. The van der Waals surface area contributed by atoms with Gasteiger partial charge in [0.15, 0.2) is 0 Å². The number of amides is 2. The summed E-state index contributed by atoms with van der Waals surface area (Å²) in [5, 5.41) is 2.73. The van der Waals surface area contributed by atoms with E-state index in [9.17, 15) is 9.59 Å². The number of hydrogen-bond acceptors (Lipinski definition) is 5. The number of rotatable bonds is 3. The Kier molecular flexibility index (Phi) is 5.41. The van der Waals surface area contributed by atoms with Crippen LogP contribution >= 0.6 is 0 Å². The molecule has 1 N–H and O–H groups in total. The molecule has 2 saturated heterocycles. The number of nitrogens with zero attached hydrogens (tertiary/aromatic N) is 4. The number of carbonyl (C=O) groups excluding carboxylic acids is 2. The minimum atomic E-state index is -0.583. The first-order chi connectivity index (χ1) is 13.7. The van der Waals surface area contributed by atoms with Crippen LogP contribution in [0.5, 0.6) is 0 Å². The molecule has 146 valence electrons. The summed E-state index contributed by atoms with van der Waals surface area (Å²) in [6, 6.07) is 13.5. The molecule has 2 amide bonds. The lowest BCUT2D eigenvalue weighted by Gasteiger charge is -2.35. The van der Waals surface area contributed by atoms with Gasteiger partial charge < -0.3 is 20.0 Å². The van der Waals surface area contributed by atoms with Gasteiger partial charge in [-0.3, -0.25) is 9.59 Å². The van der Waals surface area contributed by atoms with Crippen LogP contribution in [0.15, 0.2) is 48.7 Å². The van der Waals surface area contributed by atoms with Gasteiger partial charge in [0.05, 0.1) is 0 Å². The number of carbonyl (C=O) groups is 2. The van der Waals surface area contributed by atoms with Crippen LogP contribution in [0.1, 0.15) is 12.8 Å². The first kappa shape index (κ1) is 18.3. The fourth-order valence-electron chi connectivity index (χ4n) is 3.74. The first-order valence-corrected chi connectivity index (χ1v) is 9.82. The van der Waals surface area contributed by atoms with Crippen LogP contribution in [0.3, 0.4) is 0 Å². The molecule has 4 rings (SSSR count). The topological polar surface area (TPSA) is 68.8 Å². The van der Waals surface area contributed by atoms with Crippen LogP contribution < -0.4 is 15.1 Å². The van der Waals surface area contributed by atoms with Crippen LogP contribution in [0.4, 0.5) is 17.2 Å². The third kappa shape index (κ3) is 4.08. The second kappa shape index (κ2) is 8.29. The molecule has 2 fully saturated rings. The van der Waals surface area contributed by atoms with Gasteiger partial charge in [0.25, 0.3) is 0 Å². The lowest BCUT2D eigenvalue weighted by atomic mass is 10.2. The van der Waals surface area contributed by atoms with Crippen LogP contribution in [0.2, 0.25) is 0 Å². The van der Waals surface area contributed by atoms with Crippen molar-refractivity contribution in [3.63, 3.8) is 0 Å². The maximum atomic E-state index is 12.5. The second-order valence-corrected chi connectivity index (χ2v) is 7.16. The zero-order valence-corrected chi connectivity index (χ0v) is 15.9. The molecule has 1 aromatic carbocycles. The molecule has 0 radical (unpaired) electrons. The fraction of sp³-hybridized carbons (Fsp3) is 0.381. The molecule has 3 heterocycles. The van der Waals surface area contributed by atoms with Crippen LogP contribution in [0.25, 0.3) is 0 Å². The predicted octanol–water partition coefficient (Wildman–Crippen LogP) is 1.97. The summed E-state index contributed by atoms with van der Waals surface area (Å²) in [6.07, 6.45) is 4.20. The van der Waals surface area contributed by atoms with Gasteiger partial charge in [0, 0.05) is 56.8 Å². The average Bonchev–Trinajstić information content (AvgIpc) is 3.29. The van der Waals surface area contributed by atoms with Gasteiger partial charge >= 0.3 is 11.8 Å². The molecule has 2 aliphatic rings. The van der Waals surface area contributed by atoms with Crippen LogP contribution in [-0.4, -0.2) is 61.0 Å². The van der Waals surface area contributed by atoms with Crippen molar-refractivity contribution in [3.05, 3.63) is 48.7 Å². The number of nitrogens with one attached hydrogen (secondary N) is 1. The maximum absolute atomic E-state index is 12.5. The van der Waals surface area contributed by atoms with Gasteiger partial charge in [0.1, 0.15) is 5.82 Å². The van der Waals surface area contributed by atoms with E-state index in [1.807, 2.05) is 42.5 Å². The maximum Gasteiger partial charge on any atom is 0.313 e. The normalized spacial score (nSPS) is 16.9. The largest absolute Gasteiger partial charge is 0.372 e. The third-order valence-corrected chi connectivity index (χ3v) is 5.33. The van der Waals surface area contributed by atoms with E-state index in [-0.39, 0.29) is 0 Å². The molecular formula is C21H25N5O2. The first-order valence-electron chi connectivity index (χ1n) is 9.82. The van der Waals surface area contributed by atoms with Crippen molar-refractivity contribution >= 4 is 29.0 Å². The van der Waals surface area contributed by atoms with Crippen molar-refractivity contribution < 1.29 is 9.59 Å². The molecule has 0 bridgehead atoms. The lowest BCUT2D eigenvalue weighted by Crippen LogP contribution is -2.51. The minimum Gasteiger partial charge on any atom is -0.372 e. The van der Waals surface area contributed by atoms with Gasteiger partial charge in [-0.05, 0) is 49.2 Å². The Bertz CT molecular complexity index is 810. The van der Waals surface area contributed by atoms with Gasteiger partial charge in [-0.2, -0.15) is 0 Å². The Balaban J connectivity index is 1.29. The van der Waals surface area contributed by atoms with E-state index in [0.717, 1.165) is 24.6 Å². The number of aromatic nitrogens is 1. The molecule has 0 aliphatic carbocycles. The Labute approximate surface area is 164 Å². The molecular weight excluding hydrogens is 354 g/mol. The van der Waals surface area contributed by atoms with Crippen molar-refractivity contribution in [2.75, 3.05) is 54.4 Å². The number of piperazine rings is 1. The van der Waals surface area contributed by atoms with E-state index in [4.69, 9.17) is 0 Å². The summed E-state index contributed by atoms with van der Waals surface area (Å²) in [7, 11) is 0. The summed E-state index contributed by atoms with van der Waals surface area (Å²) < 4.78 is 0. The molecule has 7 nitrogen and oxygen atoms in total. The molecule has 2 aromatic rings. The van der Waals surface area contributed by atoms with Gasteiger partial charge in [-0.25, -0.2) is 4.98 Å². The molecule has 7 heteroatoms. The molecule has 0 spiro atoms. The van der Waals surface area contributed by atoms with E-state index in [2.05, 4.69) is 20.1 Å². The number of benzene rings is 1. The highest BCUT2D eigenvalue weighted by molar-refractivity contribution is 6.39. The van der Waals surface area contributed by atoms with Crippen LogP contribution in [-0.2, 0) is 9.59 Å². The number of anilines is 3. The zero-order valence-electron chi connectivity index (χ0n) is 15.9. The highest BCUT2D eigenvalue weighted by Crippen LogP contribution is 2.22. The lowest BCUT2D eigenvalue weighted by molar-refractivity contribution is -0.143. The minimum absolute atomic E-state index is 0.482. The molecule has 28 heavy (non-hydrogen) atoms. The zero-order chi connectivity index (χ0) is 19.3. The van der Waals surface area contributed by atoms with Crippen molar-refractivity contribution in [1.29, 1.82) is 0 Å². The monoisotopic (exact) mass is 379 g/mol. The Morgan fingerprint density at radius 1 is 0.821 bits per heavy atom. The Morgan fingerprint density at radius 2 is 1.54 bits per heavy atom. The van der Waals surface area contributed by atoms with E-state index < -0.39 is 11.8 Å². The summed E-state index contributed by atoms with van der Waals surface area (Å²) in [6.45, 7) is 4.51. The molecule has 0 atom stereocenters. The molecule has 2 aliphatic heterocycles. The standard InChI is InChI=1S/C21H25N5O2/c27-20(23-17-6-8-18(9-7-17)24-11-3-4-12-24)21(28)26-15-13-25(14-16-26)19-5-1-2-10-22-19/h1-2,5-10H,3-4,11-16H2,(H,23,27). The SMILES string of the molecule is O=C(Nc1ccc(N2CCCC2)cc1)C(=O)N1CCN(c2ccccn2)CC1. The summed E-state index contributed by atoms with van der Waals surface area (Å²) in [5.74, 6) is -0.165. The number of pyridine rings is 1. The highest BCUT2D eigenvalue weighted by Gasteiger charge is 2.26. The van der Waals surface area contributed by atoms with E-state index >= 15 is 0 Å². The highest BCUT2D eigenvalue weighted by atomic mass is 16.2. The van der Waals surface area contributed by atoms with E-state index in [1.54, 1.807) is 11.1 Å². The molecule has 1 aromatic heterocycles. The smallest absolute Gasteiger partial charge is 0.313 e. The van der Waals surface area contributed by atoms with Gasteiger partial charge in [-0.15, -0.1) is 0 Å². The van der Waals surface area contributed by atoms with E-state index in [1.165, 1.54) is 12.8 Å². The predicted molar refractivity (Wildman–Crippen MR) is 110 cm³/mol. The van der Waals surface area contributed by atoms with Gasteiger partial charge in [-0.1, -0.05) is 6.07 Å². The average molecular weight is 379 g/mol. The molecule has 0 saturated carbocycles. The summed E-state index contributed by atoms with van der Waals surface area (Å²) >= 11 is 0.